The van der Waals surface area contributed by atoms with Gasteiger partial charge in [0.2, 0.25) is 0 Å². The summed E-state index contributed by atoms with van der Waals surface area (Å²) in [4.78, 5) is 23.3. The van der Waals surface area contributed by atoms with Gasteiger partial charge in [0, 0.05) is 25.9 Å². The van der Waals surface area contributed by atoms with Crippen LogP contribution >= 0.6 is 0 Å². The maximum atomic E-state index is 11.7. The summed E-state index contributed by atoms with van der Waals surface area (Å²) in [5.41, 5.74) is 0.419. The summed E-state index contributed by atoms with van der Waals surface area (Å²) in [7, 11) is 0. The van der Waals surface area contributed by atoms with Crippen LogP contribution in [-0.2, 0) is 29.0 Å². The van der Waals surface area contributed by atoms with E-state index in [4.69, 9.17) is 4.74 Å². The van der Waals surface area contributed by atoms with Gasteiger partial charge in [0.05, 0.1) is 5.56 Å². The van der Waals surface area contributed by atoms with Crippen LogP contribution in [0.5, 0.6) is 0 Å². The Morgan fingerprint density at radius 1 is 0.826 bits per heavy atom. The number of benzene rings is 1. The van der Waals surface area contributed by atoms with E-state index in [2.05, 4.69) is 6.92 Å². The zero-order valence-electron chi connectivity index (χ0n) is 14.4. The van der Waals surface area contributed by atoms with Crippen LogP contribution in [0.25, 0.3) is 0 Å². The maximum Gasteiger partial charge on any atom is 0.345 e. The molecule has 0 aliphatic heterocycles. The van der Waals surface area contributed by atoms with Crippen LogP contribution < -0.4 is 0 Å². The first-order chi connectivity index (χ1) is 10.7. The Morgan fingerprint density at radius 3 is 1.91 bits per heavy atom. The minimum Gasteiger partial charge on any atom is -0.389 e. The molecule has 0 aliphatic rings. The standard InChI is InChI=1S/C19H28O3.Zn/c1-2-3-4-5-6-7-8-9-13-16-18(20)22-19(21)17-14-11-10-12-15-17;/h10-12,14-15H,2-9,13,16H2,1H3;. The van der Waals surface area contributed by atoms with Crippen LogP contribution in [0.4, 0.5) is 0 Å². The molecule has 0 amide bonds. The molecule has 4 heteroatoms. The van der Waals surface area contributed by atoms with Crippen molar-refractivity contribution in [1.82, 2.24) is 0 Å². The summed E-state index contributed by atoms with van der Waals surface area (Å²) in [6.07, 6.45) is 11.1. The second-order valence-corrected chi connectivity index (χ2v) is 5.71. The fourth-order valence-corrected chi connectivity index (χ4v) is 2.37. The van der Waals surface area contributed by atoms with E-state index in [1.165, 1.54) is 38.5 Å². The molecule has 0 aromatic heterocycles. The first-order valence-electron chi connectivity index (χ1n) is 8.54. The van der Waals surface area contributed by atoms with Crippen molar-refractivity contribution in [3.8, 4) is 0 Å². The number of unbranched alkanes of at least 4 members (excludes halogenated alkanes) is 8. The van der Waals surface area contributed by atoms with E-state index in [0.29, 0.717) is 12.0 Å². The Bertz CT molecular complexity index is 432. The average Bonchev–Trinajstić information content (AvgIpc) is 2.54. The molecule has 23 heavy (non-hydrogen) atoms. The molecule has 1 rings (SSSR count). The first-order valence-corrected chi connectivity index (χ1v) is 8.54. The summed E-state index contributed by atoms with van der Waals surface area (Å²) < 4.78 is 4.83. The van der Waals surface area contributed by atoms with Crippen molar-refractivity contribution in [2.45, 2.75) is 71.1 Å². The smallest absolute Gasteiger partial charge is 0.345 e. The first kappa shape index (κ1) is 22.0. The van der Waals surface area contributed by atoms with Crippen LogP contribution in [0.3, 0.4) is 0 Å². The van der Waals surface area contributed by atoms with Crippen LogP contribution in [0.15, 0.2) is 30.3 Å². The summed E-state index contributed by atoms with van der Waals surface area (Å²) in [6.45, 7) is 2.22. The molecule has 0 spiro atoms. The molecule has 1 aromatic rings. The fourth-order valence-electron chi connectivity index (χ4n) is 2.37. The third kappa shape index (κ3) is 11.2. The predicted octanol–water partition coefficient (Wildman–Crippen LogP) is 5.29. The molecule has 0 saturated carbocycles. The Morgan fingerprint density at radius 2 is 1.35 bits per heavy atom. The molecule has 0 unspecified atom stereocenters. The van der Waals surface area contributed by atoms with Gasteiger partial charge >= 0.3 is 11.9 Å². The molecule has 0 radical (unpaired) electrons. The molecule has 0 N–H and O–H groups in total. The van der Waals surface area contributed by atoms with Gasteiger partial charge in [-0.2, -0.15) is 0 Å². The number of rotatable bonds is 11. The molecular weight excluding hydrogens is 342 g/mol. The summed E-state index contributed by atoms with van der Waals surface area (Å²) >= 11 is 0. The minimum atomic E-state index is -0.554. The maximum absolute atomic E-state index is 11.7. The Labute approximate surface area is 152 Å². The SMILES string of the molecule is CCCCCCCCCCCC(=O)OC(=O)c1ccccc1.[Zn]. The monoisotopic (exact) mass is 368 g/mol. The summed E-state index contributed by atoms with van der Waals surface area (Å²) in [5, 5.41) is 0. The zero-order chi connectivity index (χ0) is 16.0. The van der Waals surface area contributed by atoms with Crippen molar-refractivity contribution in [3.05, 3.63) is 35.9 Å². The van der Waals surface area contributed by atoms with E-state index < -0.39 is 11.9 Å². The molecule has 1 aromatic carbocycles. The summed E-state index contributed by atoms with van der Waals surface area (Å²) in [5.74, 6) is -0.974. The van der Waals surface area contributed by atoms with Gasteiger partial charge in [-0.3, -0.25) is 4.79 Å². The molecule has 0 heterocycles. The Balaban J connectivity index is 0.00000484. The van der Waals surface area contributed by atoms with Crippen molar-refractivity contribution in [2.24, 2.45) is 0 Å². The molecule has 0 saturated heterocycles. The largest absolute Gasteiger partial charge is 0.389 e. The van der Waals surface area contributed by atoms with Crippen molar-refractivity contribution in [1.29, 1.82) is 0 Å². The van der Waals surface area contributed by atoms with Crippen LogP contribution in [0.2, 0.25) is 0 Å². The van der Waals surface area contributed by atoms with E-state index in [-0.39, 0.29) is 19.5 Å². The van der Waals surface area contributed by atoms with Crippen LogP contribution in [0, 0.1) is 0 Å². The van der Waals surface area contributed by atoms with Crippen molar-refractivity contribution in [2.75, 3.05) is 0 Å². The topological polar surface area (TPSA) is 43.4 Å². The van der Waals surface area contributed by atoms with Gasteiger partial charge in [-0.25, -0.2) is 4.79 Å². The van der Waals surface area contributed by atoms with Crippen LogP contribution in [-0.4, -0.2) is 11.9 Å². The van der Waals surface area contributed by atoms with Gasteiger partial charge in [-0.1, -0.05) is 76.5 Å². The second-order valence-electron chi connectivity index (χ2n) is 5.71. The fraction of sp³-hybridized carbons (Fsp3) is 0.579. The third-order valence-corrected chi connectivity index (χ3v) is 3.70. The number of hydrogen-bond acceptors (Lipinski definition) is 3. The number of carbonyl (C=O) groups is 2. The van der Waals surface area contributed by atoms with Crippen molar-refractivity contribution in [3.63, 3.8) is 0 Å². The van der Waals surface area contributed by atoms with Gasteiger partial charge < -0.3 is 4.74 Å². The third-order valence-electron chi connectivity index (χ3n) is 3.70. The van der Waals surface area contributed by atoms with E-state index in [1.54, 1.807) is 24.3 Å². The molecule has 0 bridgehead atoms. The molecule has 0 fully saturated rings. The number of hydrogen-bond donors (Lipinski definition) is 0. The minimum absolute atomic E-state index is 0. The van der Waals surface area contributed by atoms with Gasteiger partial charge in [-0.05, 0) is 18.6 Å². The molecule has 0 aliphatic carbocycles. The molecular formula is C19H28O3Zn. The predicted molar refractivity (Wildman–Crippen MR) is 88.7 cm³/mol. The Kier molecular flexibility index (Phi) is 13.9. The average molecular weight is 370 g/mol. The number of esters is 2. The zero-order valence-corrected chi connectivity index (χ0v) is 17.4. The van der Waals surface area contributed by atoms with Gasteiger partial charge in [0.25, 0.3) is 0 Å². The molecule has 124 valence electrons. The second kappa shape index (κ2) is 14.6. The molecule has 0 atom stereocenters. The van der Waals surface area contributed by atoms with E-state index >= 15 is 0 Å². The Hall–Kier alpha value is -1.02. The summed E-state index contributed by atoms with van der Waals surface area (Å²) in [6, 6.07) is 8.62. The molecule has 3 nitrogen and oxygen atoms in total. The van der Waals surface area contributed by atoms with E-state index in [0.717, 1.165) is 19.3 Å². The normalized spacial score (nSPS) is 9.96. The van der Waals surface area contributed by atoms with Gasteiger partial charge in [-0.15, -0.1) is 0 Å². The van der Waals surface area contributed by atoms with Gasteiger partial charge in [0.1, 0.15) is 0 Å². The van der Waals surface area contributed by atoms with E-state index in [1.807, 2.05) is 6.07 Å². The quantitative estimate of drug-likeness (QED) is 0.230. The number of carbonyl (C=O) groups excluding carboxylic acids is 2. The van der Waals surface area contributed by atoms with Crippen molar-refractivity contribution >= 4 is 11.9 Å². The van der Waals surface area contributed by atoms with Crippen molar-refractivity contribution < 1.29 is 33.8 Å². The van der Waals surface area contributed by atoms with Gasteiger partial charge in [0.15, 0.2) is 0 Å². The number of ether oxygens (including phenoxy) is 1. The van der Waals surface area contributed by atoms with E-state index in [9.17, 15) is 9.59 Å². The van der Waals surface area contributed by atoms with Crippen LogP contribution in [0.1, 0.15) is 81.5 Å².